The summed E-state index contributed by atoms with van der Waals surface area (Å²) in [6.45, 7) is 6.24. The quantitative estimate of drug-likeness (QED) is 0.591. The number of benzene rings is 2. The number of amides is 1. The highest BCUT2D eigenvalue weighted by atomic mass is 16.2. The van der Waals surface area contributed by atoms with Gasteiger partial charge in [-0.2, -0.15) is 0 Å². The smallest absolute Gasteiger partial charge is 0.251 e. The van der Waals surface area contributed by atoms with Gasteiger partial charge in [-0.1, -0.05) is 54.1 Å². The van der Waals surface area contributed by atoms with Crippen LogP contribution in [0.15, 0.2) is 73.3 Å². The molecule has 0 saturated carbocycles. The van der Waals surface area contributed by atoms with Gasteiger partial charge in [-0.3, -0.25) is 4.79 Å². The summed E-state index contributed by atoms with van der Waals surface area (Å²) in [6.07, 6.45) is 5.15. The lowest BCUT2D eigenvalue weighted by Crippen LogP contribution is -2.29. The van der Waals surface area contributed by atoms with Gasteiger partial charge in [0.25, 0.3) is 5.91 Å². The summed E-state index contributed by atoms with van der Waals surface area (Å²) in [6, 6.07) is 17.7. The zero-order chi connectivity index (χ0) is 15.1. The minimum atomic E-state index is -0.0531. The first-order valence-electron chi connectivity index (χ1n) is 6.93. The second-order valence-corrected chi connectivity index (χ2v) is 4.82. The van der Waals surface area contributed by atoms with Crippen molar-refractivity contribution in [3.63, 3.8) is 0 Å². The molecule has 0 saturated heterocycles. The first-order valence-corrected chi connectivity index (χ1v) is 6.93. The van der Waals surface area contributed by atoms with E-state index in [2.05, 4.69) is 6.58 Å². The van der Waals surface area contributed by atoms with Crippen LogP contribution in [0.5, 0.6) is 0 Å². The van der Waals surface area contributed by atoms with E-state index in [1.54, 1.807) is 17.1 Å². The molecule has 2 rings (SSSR count). The fourth-order valence-corrected chi connectivity index (χ4v) is 2.00. The molecule has 0 aliphatic heterocycles. The van der Waals surface area contributed by atoms with Crippen LogP contribution in [0.1, 0.15) is 11.1 Å². The van der Waals surface area contributed by atoms with Crippen molar-refractivity contribution in [2.75, 3.05) is 11.4 Å². The van der Waals surface area contributed by atoms with Crippen LogP contribution in [-0.4, -0.2) is 12.5 Å². The predicted octanol–water partition coefficient (Wildman–Crippen LogP) is 4.23. The average molecular weight is 277 g/mol. The monoisotopic (exact) mass is 277 g/mol. The summed E-state index contributed by atoms with van der Waals surface area (Å²) in [4.78, 5) is 14.1. The van der Waals surface area contributed by atoms with Crippen molar-refractivity contribution in [2.45, 2.75) is 6.92 Å². The van der Waals surface area contributed by atoms with Gasteiger partial charge in [0, 0.05) is 18.3 Å². The van der Waals surface area contributed by atoms with Gasteiger partial charge in [-0.15, -0.1) is 6.58 Å². The third-order valence-corrected chi connectivity index (χ3v) is 3.14. The normalized spacial score (nSPS) is 10.5. The van der Waals surface area contributed by atoms with Gasteiger partial charge in [0.1, 0.15) is 0 Å². The van der Waals surface area contributed by atoms with Crippen molar-refractivity contribution >= 4 is 17.7 Å². The predicted molar refractivity (Wildman–Crippen MR) is 89.2 cm³/mol. The molecule has 106 valence electrons. The molecule has 0 aliphatic carbocycles. The zero-order valence-electron chi connectivity index (χ0n) is 12.2. The Hall–Kier alpha value is -2.61. The molecule has 0 bridgehead atoms. The van der Waals surface area contributed by atoms with Crippen molar-refractivity contribution in [2.24, 2.45) is 0 Å². The molecule has 21 heavy (non-hydrogen) atoms. The summed E-state index contributed by atoms with van der Waals surface area (Å²) in [5.74, 6) is -0.0531. The van der Waals surface area contributed by atoms with Crippen molar-refractivity contribution < 1.29 is 4.79 Å². The lowest BCUT2D eigenvalue weighted by molar-refractivity contribution is -0.114. The molecule has 2 aromatic rings. The zero-order valence-corrected chi connectivity index (χ0v) is 12.2. The van der Waals surface area contributed by atoms with Crippen molar-refractivity contribution in [1.29, 1.82) is 0 Å². The van der Waals surface area contributed by atoms with E-state index in [4.69, 9.17) is 0 Å². The van der Waals surface area contributed by atoms with Gasteiger partial charge in [0.15, 0.2) is 0 Å². The van der Waals surface area contributed by atoms with Gasteiger partial charge in [0.2, 0.25) is 0 Å². The van der Waals surface area contributed by atoms with Gasteiger partial charge in [-0.25, -0.2) is 0 Å². The molecule has 2 aromatic carbocycles. The summed E-state index contributed by atoms with van der Waals surface area (Å²) >= 11 is 0. The van der Waals surface area contributed by atoms with Crippen LogP contribution in [0.3, 0.4) is 0 Å². The van der Waals surface area contributed by atoms with Crippen LogP contribution in [0.4, 0.5) is 5.69 Å². The highest BCUT2D eigenvalue weighted by Gasteiger charge is 2.11. The van der Waals surface area contributed by atoms with Gasteiger partial charge >= 0.3 is 0 Å². The highest BCUT2D eigenvalue weighted by molar-refractivity contribution is 6.04. The van der Waals surface area contributed by atoms with Crippen molar-refractivity contribution in [3.8, 4) is 0 Å². The fraction of sp³-hybridized carbons (Fsp3) is 0.105. The molecule has 2 nitrogen and oxygen atoms in total. The lowest BCUT2D eigenvalue weighted by atomic mass is 10.2. The van der Waals surface area contributed by atoms with Crippen LogP contribution in [0.2, 0.25) is 0 Å². The Labute approximate surface area is 126 Å². The Balaban J connectivity index is 2.18. The number of hydrogen-bond donors (Lipinski definition) is 0. The Morgan fingerprint density at radius 1 is 1.10 bits per heavy atom. The van der Waals surface area contributed by atoms with Gasteiger partial charge < -0.3 is 4.90 Å². The maximum absolute atomic E-state index is 12.4. The minimum Gasteiger partial charge on any atom is -0.305 e. The molecule has 0 radical (unpaired) electrons. The number of carbonyl (C=O) groups is 1. The van der Waals surface area contributed by atoms with E-state index in [-0.39, 0.29) is 5.91 Å². The number of anilines is 1. The van der Waals surface area contributed by atoms with E-state index in [1.165, 1.54) is 5.56 Å². The number of carbonyl (C=O) groups excluding carboxylic acids is 1. The van der Waals surface area contributed by atoms with E-state index in [9.17, 15) is 4.79 Å². The maximum atomic E-state index is 12.4. The second kappa shape index (κ2) is 7.25. The summed E-state index contributed by atoms with van der Waals surface area (Å²) in [7, 11) is 0. The average Bonchev–Trinajstić information content (AvgIpc) is 2.52. The Bertz CT molecular complexity index is 626. The van der Waals surface area contributed by atoms with Gasteiger partial charge in [0.05, 0.1) is 0 Å². The highest BCUT2D eigenvalue weighted by Crippen LogP contribution is 2.16. The van der Waals surface area contributed by atoms with E-state index in [0.29, 0.717) is 6.54 Å². The van der Waals surface area contributed by atoms with E-state index in [1.807, 2.05) is 67.6 Å². The molecular weight excluding hydrogens is 258 g/mol. The third kappa shape index (κ3) is 4.18. The van der Waals surface area contributed by atoms with Gasteiger partial charge in [-0.05, 0) is 30.7 Å². The number of nitrogens with zero attached hydrogens (tertiary/aromatic N) is 1. The summed E-state index contributed by atoms with van der Waals surface area (Å²) in [5.41, 5.74) is 3.06. The fourth-order valence-electron chi connectivity index (χ4n) is 2.00. The molecule has 0 aromatic heterocycles. The number of rotatable bonds is 5. The number of aryl methyl sites for hydroxylation is 1. The van der Waals surface area contributed by atoms with E-state index in [0.717, 1.165) is 11.3 Å². The maximum Gasteiger partial charge on any atom is 0.251 e. The Morgan fingerprint density at radius 3 is 2.38 bits per heavy atom. The molecule has 0 spiro atoms. The molecule has 0 N–H and O–H groups in total. The summed E-state index contributed by atoms with van der Waals surface area (Å²) < 4.78 is 0. The van der Waals surface area contributed by atoms with Crippen molar-refractivity contribution in [3.05, 3.63) is 84.5 Å². The minimum absolute atomic E-state index is 0.0531. The first-order chi connectivity index (χ1) is 10.2. The summed E-state index contributed by atoms with van der Waals surface area (Å²) in [5, 5.41) is 0. The van der Waals surface area contributed by atoms with E-state index >= 15 is 0 Å². The Kier molecular flexibility index (Phi) is 5.10. The molecule has 1 amide bonds. The molecule has 0 fully saturated rings. The SMILES string of the molecule is C=CCN(C(=O)/C=C/c1ccccc1)c1ccc(C)cc1. The molecule has 0 aliphatic rings. The Morgan fingerprint density at radius 2 is 1.76 bits per heavy atom. The second-order valence-electron chi connectivity index (χ2n) is 4.82. The van der Waals surface area contributed by atoms with E-state index < -0.39 is 0 Å². The molecule has 0 atom stereocenters. The van der Waals surface area contributed by atoms with Crippen LogP contribution in [0, 0.1) is 6.92 Å². The third-order valence-electron chi connectivity index (χ3n) is 3.14. The van der Waals surface area contributed by atoms with Crippen LogP contribution < -0.4 is 4.90 Å². The number of hydrogen-bond acceptors (Lipinski definition) is 1. The lowest BCUT2D eigenvalue weighted by Gasteiger charge is -2.19. The van der Waals surface area contributed by atoms with Crippen molar-refractivity contribution in [1.82, 2.24) is 0 Å². The first kappa shape index (κ1) is 14.8. The standard InChI is InChI=1S/C19H19NO/c1-3-15-20(18-12-9-16(2)10-13-18)19(21)14-11-17-7-5-4-6-8-17/h3-14H,1,15H2,2H3/b14-11+. The molecule has 2 heteroatoms. The topological polar surface area (TPSA) is 20.3 Å². The van der Waals surface area contributed by atoms with Crippen LogP contribution >= 0.6 is 0 Å². The van der Waals surface area contributed by atoms with Crippen LogP contribution in [-0.2, 0) is 4.79 Å². The van der Waals surface area contributed by atoms with Crippen LogP contribution in [0.25, 0.3) is 6.08 Å². The molecular formula is C19H19NO. The molecule has 0 heterocycles. The largest absolute Gasteiger partial charge is 0.305 e. The molecule has 0 unspecified atom stereocenters.